The van der Waals surface area contributed by atoms with Crippen molar-refractivity contribution >= 4 is 21.4 Å². The number of nitrogen functional groups attached to an aromatic ring is 1. The van der Waals surface area contributed by atoms with Gasteiger partial charge in [0.15, 0.2) is 0 Å². The minimum Gasteiger partial charge on any atom is -0.397 e. The van der Waals surface area contributed by atoms with Crippen LogP contribution in [0.2, 0.25) is 0 Å². The Kier molecular flexibility index (Phi) is 4.81. The van der Waals surface area contributed by atoms with Gasteiger partial charge in [0.1, 0.15) is 0 Å². The van der Waals surface area contributed by atoms with Crippen molar-refractivity contribution in [3.8, 4) is 0 Å². The average molecular weight is 256 g/mol. The lowest BCUT2D eigenvalue weighted by molar-refractivity contribution is 0.588. The molecule has 0 aliphatic rings. The lowest BCUT2D eigenvalue weighted by atomic mass is 10.3. The predicted octanol–water partition coefficient (Wildman–Crippen LogP) is 2.23. The number of nitrogens with zero attached hydrogens (tertiary/aromatic N) is 1. The van der Waals surface area contributed by atoms with Crippen LogP contribution in [0.5, 0.6) is 0 Å². The first-order chi connectivity index (χ1) is 8.03. The van der Waals surface area contributed by atoms with Crippen LogP contribution in [0.3, 0.4) is 0 Å². The van der Waals surface area contributed by atoms with E-state index in [9.17, 15) is 8.42 Å². The first-order valence-corrected chi connectivity index (χ1v) is 7.48. The number of unbranched alkanes of at least 4 members (excludes halogenated alkanes) is 1. The summed E-state index contributed by atoms with van der Waals surface area (Å²) in [5.74, 6) is 0.172. The Morgan fingerprint density at radius 3 is 2.41 bits per heavy atom. The Hall–Kier alpha value is -1.23. The molecule has 0 atom stereocenters. The fraction of sp³-hybridized carbons (Fsp3) is 0.500. The van der Waals surface area contributed by atoms with E-state index >= 15 is 0 Å². The van der Waals surface area contributed by atoms with Crippen molar-refractivity contribution in [3.63, 3.8) is 0 Å². The van der Waals surface area contributed by atoms with E-state index in [0.717, 1.165) is 6.42 Å². The summed E-state index contributed by atoms with van der Waals surface area (Å²) in [7, 11) is -3.26. The number of rotatable bonds is 6. The topological polar surface area (TPSA) is 63.4 Å². The highest BCUT2D eigenvalue weighted by Gasteiger charge is 2.21. The Morgan fingerprint density at radius 2 is 1.88 bits per heavy atom. The van der Waals surface area contributed by atoms with Gasteiger partial charge in [-0.2, -0.15) is 0 Å². The number of benzene rings is 1. The molecule has 0 saturated heterocycles. The molecule has 1 aromatic rings. The van der Waals surface area contributed by atoms with Gasteiger partial charge < -0.3 is 5.73 Å². The monoisotopic (exact) mass is 256 g/mol. The van der Waals surface area contributed by atoms with Gasteiger partial charge in [-0.3, -0.25) is 4.31 Å². The molecular weight excluding hydrogens is 236 g/mol. The van der Waals surface area contributed by atoms with Gasteiger partial charge in [0.05, 0.1) is 17.1 Å². The summed E-state index contributed by atoms with van der Waals surface area (Å²) in [5, 5.41) is 0. The maximum absolute atomic E-state index is 12.1. The van der Waals surface area contributed by atoms with Gasteiger partial charge in [0, 0.05) is 6.54 Å². The van der Waals surface area contributed by atoms with E-state index in [0.29, 0.717) is 24.3 Å². The van der Waals surface area contributed by atoms with Gasteiger partial charge in [-0.15, -0.1) is 0 Å². The molecule has 0 bridgehead atoms. The van der Waals surface area contributed by atoms with Gasteiger partial charge >= 0.3 is 0 Å². The Balaban J connectivity index is 3.04. The molecule has 0 aliphatic carbocycles. The van der Waals surface area contributed by atoms with E-state index < -0.39 is 10.0 Å². The molecule has 0 heterocycles. The maximum atomic E-state index is 12.1. The molecule has 0 spiro atoms. The van der Waals surface area contributed by atoms with Gasteiger partial charge in [0.2, 0.25) is 10.0 Å². The van der Waals surface area contributed by atoms with Crippen LogP contribution in [0.4, 0.5) is 11.4 Å². The average Bonchev–Trinajstić information content (AvgIpc) is 2.30. The second-order valence-corrected chi connectivity index (χ2v) is 5.91. The molecule has 0 fully saturated rings. The van der Waals surface area contributed by atoms with Crippen molar-refractivity contribution in [1.82, 2.24) is 0 Å². The number of hydrogen-bond acceptors (Lipinski definition) is 3. The fourth-order valence-electron chi connectivity index (χ4n) is 1.67. The third-order valence-corrected chi connectivity index (χ3v) is 4.52. The Bertz CT molecular complexity index is 457. The van der Waals surface area contributed by atoms with E-state index in [1.165, 1.54) is 4.31 Å². The predicted molar refractivity (Wildman–Crippen MR) is 72.6 cm³/mol. The molecule has 17 heavy (non-hydrogen) atoms. The summed E-state index contributed by atoms with van der Waals surface area (Å²) in [6.07, 6.45) is 1.53. The van der Waals surface area contributed by atoms with Crippen molar-refractivity contribution in [1.29, 1.82) is 0 Å². The summed E-state index contributed by atoms with van der Waals surface area (Å²) in [4.78, 5) is 0. The largest absolute Gasteiger partial charge is 0.397 e. The van der Waals surface area contributed by atoms with Crippen molar-refractivity contribution < 1.29 is 8.42 Å². The minimum absolute atomic E-state index is 0.172. The number of para-hydroxylation sites is 2. The van der Waals surface area contributed by atoms with Crippen molar-refractivity contribution in [2.45, 2.75) is 26.7 Å². The van der Waals surface area contributed by atoms with Gasteiger partial charge in [-0.25, -0.2) is 8.42 Å². The zero-order valence-electron chi connectivity index (χ0n) is 10.4. The lowest BCUT2D eigenvalue weighted by Gasteiger charge is -2.24. The zero-order chi connectivity index (χ0) is 12.9. The highest BCUT2D eigenvalue weighted by Crippen LogP contribution is 2.25. The summed E-state index contributed by atoms with van der Waals surface area (Å²) < 4.78 is 25.7. The summed E-state index contributed by atoms with van der Waals surface area (Å²) in [5.41, 5.74) is 6.89. The van der Waals surface area contributed by atoms with Gasteiger partial charge in [0.25, 0.3) is 0 Å². The molecule has 0 radical (unpaired) electrons. The SMILES string of the molecule is CCCCS(=O)(=O)N(CC)c1ccccc1N. The minimum atomic E-state index is -3.26. The first kappa shape index (κ1) is 13.8. The van der Waals surface area contributed by atoms with Crippen LogP contribution in [0.25, 0.3) is 0 Å². The smallest absolute Gasteiger partial charge is 0.235 e. The molecule has 96 valence electrons. The van der Waals surface area contributed by atoms with E-state index in [4.69, 9.17) is 5.73 Å². The van der Waals surface area contributed by atoms with Crippen LogP contribution in [0.1, 0.15) is 26.7 Å². The highest BCUT2D eigenvalue weighted by atomic mass is 32.2. The number of nitrogens with two attached hydrogens (primary N) is 1. The molecule has 1 aromatic carbocycles. The van der Waals surface area contributed by atoms with Crippen molar-refractivity contribution in [2.24, 2.45) is 0 Å². The van der Waals surface area contributed by atoms with E-state index in [1.807, 2.05) is 13.8 Å². The molecule has 1 rings (SSSR count). The lowest BCUT2D eigenvalue weighted by Crippen LogP contribution is -2.33. The normalized spacial score (nSPS) is 11.4. The summed E-state index contributed by atoms with van der Waals surface area (Å²) in [6, 6.07) is 7.05. The first-order valence-electron chi connectivity index (χ1n) is 5.87. The Labute approximate surface area is 103 Å². The molecule has 4 nitrogen and oxygen atoms in total. The Morgan fingerprint density at radius 1 is 1.24 bits per heavy atom. The van der Waals surface area contributed by atoms with Crippen molar-refractivity contribution in [2.75, 3.05) is 22.3 Å². The van der Waals surface area contributed by atoms with Gasteiger partial charge in [-0.1, -0.05) is 25.5 Å². The molecular formula is C12H20N2O2S. The number of sulfonamides is 1. The standard InChI is InChI=1S/C12H20N2O2S/c1-3-5-10-17(15,16)14(4-2)12-9-7-6-8-11(12)13/h6-9H,3-5,10,13H2,1-2H3. The third kappa shape index (κ3) is 3.36. The molecule has 2 N–H and O–H groups in total. The van der Waals surface area contributed by atoms with Crippen molar-refractivity contribution in [3.05, 3.63) is 24.3 Å². The fourth-order valence-corrected chi connectivity index (χ4v) is 3.40. The molecule has 0 amide bonds. The maximum Gasteiger partial charge on any atom is 0.235 e. The van der Waals surface area contributed by atoms with Crippen LogP contribution in [0.15, 0.2) is 24.3 Å². The van der Waals surface area contributed by atoms with Crippen LogP contribution in [0, 0.1) is 0 Å². The van der Waals surface area contributed by atoms with E-state index in [1.54, 1.807) is 24.3 Å². The second kappa shape index (κ2) is 5.91. The quantitative estimate of drug-likeness (QED) is 0.794. The van der Waals surface area contributed by atoms with Crippen LogP contribution < -0.4 is 10.0 Å². The van der Waals surface area contributed by atoms with Gasteiger partial charge in [-0.05, 0) is 25.5 Å². The third-order valence-electron chi connectivity index (χ3n) is 2.58. The van der Waals surface area contributed by atoms with Crippen LogP contribution in [-0.2, 0) is 10.0 Å². The number of hydrogen-bond donors (Lipinski definition) is 1. The molecule has 0 aromatic heterocycles. The molecule has 0 aliphatic heterocycles. The van der Waals surface area contributed by atoms with Crippen LogP contribution in [-0.4, -0.2) is 20.7 Å². The van der Waals surface area contributed by atoms with Crippen LogP contribution >= 0.6 is 0 Å². The zero-order valence-corrected chi connectivity index (χ0v) is 11.2. The summed E-state index contributed by atoms with van der Waals surface area (Å²) >= 11 is 0. The summed E-state index contributed by atoms with van der Waals surface area (Å²) in [6.45, 7) is 4.19. The highest BCUT2D eigenvalue weighted by molar-refractivity contribution is 7.92. The van der Waals surface area contributed by atoms with E-state index in [2.05, 4.69) is 0 Å². The number of anilines is 2. The van der Waals surface area contributed by atoms with E-state index in [-0.39, 0.29) is 5.75 Å². The molecule has 0 saturated carbocycles. The molecule has 0 unspecified atom stereocenters. The second-order valence-electron chi connectivity index (χ2n) is 3.89. The molecule has 5 heteroatoms.